The lowest BCUT2D eigenvalue weighted by atomic mass is 9.96. The van der Waals surface area contributed by atoms with Gasteiger partial charge in [-0.15, -0.1) is 0 Å². The molecule has 0 bridgehead atoms. The van der Waals surface area contributed by atoms with E-state index in [-0.39, 0.29) is 5.97 Å². The Morgan fingerprint density at radius 1 is 1.25 bits per heavy atom. The van der Waals surface area contributed by atoms with Crippen molar-refractivity contribution < 1.29 is 9.53 Å². The summed E-state index contributed by atoms with van der Waals surface area (Å²) < 4.78 is 4.75. The van der Waals surface area contributed by atoms with Gasteiger partial charge in [-0.2, -0.15) is 0 Å². The largest absolute Gasteiger partial charge is 0.465 e. The van der Waals surface area contributed by atoms with Crippen LogP contribution in [0.15, 0.2) is 24.3 Å². The van der Waals surface area contributed by atoms with Crippen molar-refractivity contribution in [3.8, 4) is 0 Å². The minimum Gasteiger partial charge on any atom is -0.465 e. The molecule has 1 aliphatic carbocycles. The summed E-state index contributed by atoms with van der Waals surface area (Å²) in [6.45, 7) is 8.21. The van der Waals surface area contributed by atoms with Crippen molar-refractivity contribution in [2.75, 3.05) is 26.7 Å². The van der Waals surface area contributed by atoms with Crippen molar-refractivity contribution in [1.29, 1.82) is 0 Å². The van der Waals surface area contributed by atoms with E-state index in [2.05, 4.69) is 36.2 Å². The maximum absolute atomic E-state index is 11.5. The molecule has 1 unspecified atom stereocenters. The van der Waals surface area contributed by atoms with Crippen LogP contribution in [-0.2, 0) is 4.74 Å². The molecule has 4 nitrogen and oxygen atoms in total. The van der Waals surface area contributed by atoms with Crippen LogP contribution in [-0.4, -0.2) is 49.7 Å². The Morgan fingerprint density at radius 3 is 2.50 bits per heavy atom. The molecular weight excluding hydrogens is 300 g/mol. The molecule has 1 heterocycles. The van der Waals surface area contributed by atoms with Crippen LogP contribution < -0.4 is 5.32 Å². The Hall–Kier alpha value is -1.39. The fraction of sp³-hybridized carbons (Fsp3) is 0.650. The third-order valence-corrected chi connectivity index (χ3v) is 5.60. The molecule has 0 spiro atoms. The average Bonchev–Trinajstić information content (AvgIpc) is 3.39. The fourth-order valence-corrected chi connectivity index (χ4v) is 3.76. The topological polar surface area (TPSA) is 41.6 Å². The summed E-state index contributed by atoms with van der Waals surface area (Å²) in [6, 6.07) is 9.17. The highest BCUT2D eigenvalue weighted by molar-refractivity contribution is 5.89. The molecule has 4 heteroatoms. The van der Waals surface area contributed by atoms with Crippen molar-refractivity contribution in [1.82, 2.24) is 10.2 Å². The summed E-state index contributed by atoms with van der Waals surface area (Å²) in [4.78, 5) is 14.1. The minimum atomic E-state index is -0.264. The van der Waals surface area contributed by atoms with E-state index >= 15 is 0 Å². The Morgan fingerprint density at radius 2 is 1.92 bits per heavy atom. The predicted molar refractivity (Wildman–Crippen MR) is 96.4 cm³/mol. The predicted octanol–water partition coefficient (Wildman–Crippen LogP) is 3.04. The molecule has 2 fully saturated rings. The van der Waals surface area contributed by atoms with Gasteiger partial charge in [0.15, 0.2) is 0 Å². The number of rotatable bonds is 6. The van der Waals surface area contributed by atoms with Crippen LogP contribution in [0.1, 0.15) is 54.9 Å². The lowest BCUT2D eigenvalue weighted by molar-refractivity contribution is 0.0600. The highest BCUT2D eigenvalue weighted by Crippen LogP contribution is 2.41. The number of likely N-dealkylation sites (tertiary alicyclic amines) is 1. The number of carbonyl (C=O) groups excluding carboxylic acids is 1. The molecule has 2 atom stereocenters. The molecule has 0 radical (unpaired) electrons. The normalized spacial score (nSPS) is 25.0. The molecule has 1 N–H and O–H groups in total. The van der Waals surface area contributed by atoms with Gasteiger partial charge >= 0.3 is 5.97 Å². The summed E-state index contributed by atoms with van der Waals surface area (Å²) in [6.07, 6.45) is 3.84. The van der Waals surface area contributed by atoms with Crippen molar-refractivity contribution in [2.24, 2.45) is 5.92 Å². The van der Waals surface area contributed by atoms with E-state index in [1.807, 2.05) is 12.1 Å². The van der Waals surface area contributed by atoms with E-state index < -0.39 is 0 Å². The quantitative estimate of drug-likeness (QED) is 0.814. The van der Waals surface area contributed by atoms with E-state index in [0.29, 0.717) is 23.6 Å². The van der Waals surface area contributed by atoms with Crippen molar-refractivity contribution in [3.63, 3.8) is 0 Å². The summed E-state index contributed by atoms with van der Waals surface area (Å²) in [5.41, 5.74) is 1.96. The second-order valence-electron chi connectivity index (χ2n) is 7.54. The number of ether oxygens (including phenoxy) is 1. The van der Waals surface area contributed by atoms with Gasteiger partial charge in [0.25, 0.3) is 0 Å². The van der Waals surface area contributed by atoms with Gasteiger partial charge in [-0.3, -0.25) is 0 Å². The van der Waals surface area contributed by atoms with Gasteiger partial charge in [0.1, 0.15) is 0 Å². The summed E-state index contributed by atoms with van der Waals surface area (Å²) in [5.74, 6) is 1.16. The number of methoxy groups -OCH3 is 1. The molecule has 0 amide bonds. The Labute approximate surface area is 145 Å². The number of esters is 1. The lowest BCUT2D eigenvalue weighted by Crippen LogP contribution is -2.41. The van der Waals surface area contributed by atoms with Crippen molar-refractivity contribution in [3.05, 3.63) is 35.4 Å². The van der Waals surface area contributed by atoms with Crippen LogP contribution in [0.25, 0.3) is 0 Å². The summed E-state index contributed by atoms with van der Waals surface area (Å²) in [5, 5.41) is 3.76. The van der Waals surface area contributed by atoms with Gasteiger partial charge in [-0.25, -0.2) is 4.79 Å². The Balaban J connectivity index is 1.41. The van der Waals surface area contributed by atoms with E-state index in [1.54, 1.807) is 0 Å². The fourth-order valence-electron chi connectivity index (χ4n) is 3.76. The molecule has 1 saturated heterocycles. The van der Waals surface area contributed by atoms with Gasteiger partial charge < -0.3 is 15.0 Å². The molecule has 1 saturated carbocycles. The third-order valence-electron chi connectivity index (χ3n) is 5.60. The van der Waals surface area contributed by atoms with Crippen molar-refractivity contribution >= 4 is 5.97 Å². The first-order chi connectivity index (χ1) is 11.6. The average molecular weight is 330 g/mol. The number of benzene rings is 1. The van der Waals surface area contributed by atoms with E-state index in [0.717, 1.165) is 12.5 Å². The molecule has 1 aromatic carbocycles. The first kappa shape index (κ1) is 17.4. The number of nitrogens with zero attached hydrogens (tertiary/aromatic N) is 1. The van der Waals surface area contributed by atoms with Gasteiger partial charge in [0, 0.05) is 18.0 Å². The van der Waals surface area contributed by atoms with Gasteiger partial charge in [0.05, 0.1) is 12.7 Å². The second-order valence-corrected chi connectivity index (χ2v) is 7.54. The zero-order chi connectivity index (χ0) is 17.1. The monoisotopic (exact) mass is 330 g/mol. The number of piperidine rings is 1. The van der Waals surface area contributed by atoms with Crippen LogP contribution >= 0.6 is 0 Å². The van der Waals surface area contributed by atoms with E-state index in [1.165, 1.54) is 45.0 Å². The SMILES string of the molecule is COC(=O)c1ccc(C2C[C@@H]2NCC2CCN(C(C)C)CC2)cc1. The molecule has 3 rings (SSSR count). The number of nitrogens with one attached hydrogen (secondary N) is 1. The lowest BCUT2D eigenvalue weighted by Gasteiger charge is -2.34. The van der Waals surface area contributed by atoms with Crippen LogP contribution in [0.2, 0.25) is 0 Å². The minimum absolute atomic E-state index is 0.264. The first-order valence-corrected chi connectivity index (χ1v) is 9.24. The number of hydrogen-bond acceptors (Lipinski definition) is 4. The molecule has 1 aliphatic heterocycles. The van der Waals surface area contributed by atoms with E-state index in [9.17, 15) is 4.79 Å². The van der Waals surface area contributed by atoms with Crippen LogP contribution in [0, 0.1) is 5.92 Å². The summed E-state index contributed by atoms with van der Waals surface area (Å²) in [7, 11) is 1.42. The maximum atomic E-state index is 11.5. The van der Waals surface area contributed by atoms with Crippen LogP contribution in [0.5, 0.6) is 0 Å². The zero-order valence-corrected chi connectivity index (χ0v) is 15.1. The molecular formula is C20H30N2O2. The molecule has 0 aromatic heterocycles. The van der Waals surface area contributed by atoms with E-state index in [4.69, 9.17) is 4.74 Å². The maximum Gasteiger partial charge on any atom is 0.337 e. The Kier molecular flexibility index (Phi) is 5.57. The first-order valence-electron chi connectivity index (χ1n) is 9.24. The second kappa shape index (κ2) is 7.66. The summed E-state index contributed by atoms with van der Waals surface area (Å²) >= 11 is 0. The molecule has 1 aromatic rings. The standard InChI is InChI=1S/C20H30N2O2/c1-14(2)22-10-8-15(9-11-22)13-21-19-12-18(19)16-4-6-17(7-5-16)20(23)24-3/h4-7,14-15,18-19,21H,8-13H2,1-3H3/t18?,19-/m0/s1. The highest BCUT2D eigenvalue weighted by Gasteiger charge is 2.38. The Bertz CT molecular complexity index is 547. The van der Waals surface area contributed by atoms with Crippen molar-refractivity contribution in [2.45, 2.75) is 51.1 Å². The van der Waals surface area contributed by atoms with Crippen LogP contribution in [0.4, 0.5) is 0 Å². The van der Waals surface area contributed by atoms with Gasteiger partial charge in [0.2, 0.25) is 0 Å². The van der Waals surface area contributed by atoms with Gasteiger partial charge in [-0.05, 0) is 76.4 Å². The molecule has 24 heavy (non-hydrogen) atoms. The molecule has 2 aliphatic rings. The number of carbonyl (C=O) groups is 1. The zero-order valence-electron chi connectivity index (χ0n) is 15.1. The van der Waals surface area contributed by atoms with Crippen LogP contribution in [0.3, 0.4) is 0 Å². The van der Waals surface area contributed by atoms with Gasteiger partial charge in [-0.1, -0.05) is 12.1 Å². The number of hydrogen-bond donors (Lipinski definition) is 1. The smallest absolute Gasteiger partial charge is 0.337 e. The highest BCUT2D eigenvalue weighted by atomic mass is 16.5. The molecule has 132 valence electrons. The third kappa shape index (κ3) is 4.17.